The molecule has 0 bridgehead atoms. The summed E-state index contributed by atoms with van der Waals surface area (Å²) < 4.78 is 1.89. The van der Waals surface area contributed by atoms with Crippen LogP contribution in [0.2, 0.25) is 0 Å². The van der Waals surface area contributed by atoms with E-state index >= 15 is 0 Å². The Kier molecular flexibility index (Phi) is 3.09. The summed E-state index contributed by atoms with van der Waals surface area (Å²) in [5, 5.41) is 13.6. The minimum Gasteiger partial charge on any atom is -0.391 e. The molecule has 1 atom stereocenters. The standard InChI is InChI=1S/C10H18N2O/c1-5-10-8(3)11-12(9(10)4)6-7(2)13/h7,13H,5-6H2,1-4H3/t7-/m1/s1. The summed E-state index contributed by atoms with van der Waals surface area (Å²) in [6.45, 7) is 8.57. The van der Waals surface area contributed by atoms with E-state index < -0.39 is 0 Å². The molecule has 0 spiro atoms. The molecule has 0 unspecified atom stereocenters. The van der Waals surface area contributed by atoms with Crippen LogP contribution in [0.15, 0.2) is 0 Å². The molecule has 1 aromatic rings. The number of hydrogen-bond donors (Lipinski definition) is 1. The second-order valence-corrected chi connectivity index (χ2v) is 3.53. The van der Waals surface area contributed by atoms with Gasteiger partial charge >= 0.3 is 0 Å². The number of aryl methyl sites for hydroxylation is 1. The third kappa shape index (κ3) is 2.10. The molecule has 0 radical (unpaired) electrons. The normalized spacial score (nSPS) is 13.3. The number of hydrogen-bond acceptors (Lipinski definition) is 2. The molecule has 13 heavy (non-hydrogen) atoms. The van der Waals surface area contributed by atoms with Crippen LogP contribution in [-0.4, -0.2) is 21.0 Å². The largest absolute Gasteiger partial charge is 0.391 e. The van der Waals surface area contributed by atoms with Crippen molar-refractivity contribution in [3.05, 3.63) is 17.0 Å². The van der Waals surface area contributed by atoms with Gasteiger partial charge in [0.25, 0.3) is 0 Å². The second-order valence-electron chi connectivity index (χ2n) is 3.53. The van der Waals surface area contributed by atoms with Gasteiger partial charge in [-0.1, -0.05) is 6.92 Å². The first kappa shape index (κ1) is 10.3. The second kappa shape index (κ2) is 3.92. The molecule has 3 heteroatoms. The first-order chi connectivity index (χ1) is 6.06. The van der Waals surface area contributed by atoms with Gasteiger partial charge in [0.2, 0.25) is 0 Å². The van der Waals surface area contributed by atoms with Crippen LogP contribution in [-0.2, 0) is 13.0 Å². The summed E-state index contributed by atoms with van der Waals surface area (Å²) >= 11 is 0. The number of aromatic nitrogens is 2. The topological polar surface area (TPSA) is 38.0 Å². The fourth-order valence-electron chi connectivity index (χ4n) is 1.67. The number of aliphatic hydroxyl groups excluding tert-OH is 1. The summed E-state index contributed by atoms with van der Waals surface area (Å²) in [6, 6.07) is 0. The van der Waals surface area contributed by atoms with Gasteiger partial charge in [-0.25, -0.2) is 0 Å². The van der Waals surface area contributed by atoms with Crippen LogP contribution >= 0.6 is 0 Å². The highest BCUT2D eigenvalue weighted by molar-refractivity contribution is 5.24. The van der Waals surface area contributed by atoms with Crippen LogP contribution in [0.3, 0.4) is 0 Å². The fraction of sp³-hybridized carbons (Fsp3) is 0.700. The molecule has 1 rings (SSSR count). The van der Waals surface area contributed by atoms with E-state index in [-0.39, 0.29) is 6.10 Å². The van der Waals surface area contributed by atoms with Crippen LogP contribution in [0.4, 0.5) is 0 Å². The number of nitrogens with zero attached hydrogens (tertiary/aromatic N) is 2. The maximum Gasteiger partial charge on any atom is 0.0708 e. The molecular formula is C10H18N2O. The first-order valence-corrected chi connectivity index (χ1v) is 4.77. The van der Waals surface area contributed by atoms with E-state index in [1.54, 1.807) is 6.92 Å². The van der Waals surface area contributed by atoms with Crippen molar-refractivity contribution in [2.75, 3.05) is 0 Å². The Bertz CT molecular complexity index is 289. The van der Waals surface area contributed by atoms with Crippen molar-refractivity contribution < 1.29 is 5.11 Å². The fourth-order valence-corrected chi connectivity index (χ4v) is 1.67. The van der Waals surface area contributed by atoms with E-state index in [9.17, 15) is 5.11 Å². The lowest BCUT2D eigenvalue weighted by Crippen LogP contribution is -2.14. The van der Waals surface area contributed by atoms with Gasteiger partial charge in [-0.05, 0) is 32.8 Å². The molecular weight excluding hydrogens is 164 g/mol. The Morgan fingerprint density at radius 1 is 1.46 bits per heavy atom. The van der Waals surface area contributed by atoms with Crippen molar-refractivity contribution in [1.29, 1.82) is 0 Å². The molecule has 0 aliphatic heterocycles. The van der Waals surface area contributed by atoms with Gasteiger partial charge in [-0.2, -0.15) is 5.10 Å². The van der Waals surface area contributed by atoms with E-state index in [1.807, 2.05) is 11.6 Å². The van der Waals surface area contributed by atoms with Crippen LogP contribution in [0.5, 0.6) is 0 Å². The molecule has 0 amide bonds. The summed E-state index contributed by atoms with van der Waals surface area (Å²) in [7, 11) is 0. The molecule has 1 heterocycles. The van der Waals surface area contributed by atoms with Gasteiger partial charge in [-0.3, -0.25) is 4.68 Å². The lowest BCUT2D eigenvalue weighted by atomic mass is 10.1. The zero-order valence-electron chi connectivity index (χ0n) is 8.83. The molecule has 0 aliphatic rings. The van der Waals surface area contributed by atoms with Gasteiger partial charge in [0.05, 0.1) is 18.3 Å². The SMILES string of the molecule is CCc1c(C)nn(C[C@@H](C)O)c1C. The highest BCUT2D eigenvalue weighted by atomic mass is 16.3. The summed E-state index contributed by atoms with van der Waals surface area (Å²) in [6.07, 6.45) is 0.681. The number of aliphatic hydroxyl groups is 1. The van der Waals surface area contributed by atoms with Crippen molar-refractivity contribution in [1.82, 2.24) is 9.78 Å². The third-order valence-corrected chi connectivity index (χ3v) is 2.32. The third-order valence-electron chi connectivity index (χ3n) is 2.32. The molecule has 0 fully saturated rings. The summed E-state index contributed by atoms with van der Waals surface area (Å²) in [5.41, 5.74) is 3.57. The smallest absolute Gasteiger partial charge is 0.0708 e. The molecule has 0 aliphatic carbocycles. The maximum absolute atomic E-state index is 9.24. The molecule has 74 valence electrons. The van der Waals surface area contributed by atoms with E-state index in [0.717, 1.165) is 12.1 Å². The van der Waals surface area contributed by atoms with Gasteiger partial charge < -0.3 is 5.11 Å². The van der Waals surface area contributed by atoms with Crippen LogP contribution < -0.4 is 0 Å². The predicted octanol–water partition coefficient (Wildman–Crippen LogP) is 1.44. The molecule has 0 saturated carbocycles. The van der Waals surface area contributed by atoms with Crippen molar-refractivity contribution in [3.8, 4) is 0 Å². The molecule has 0 aromatic carbocycles. The van der Waals surface area contributed by atoms with Crippen molar-refractivity contribution >= 4 is 0 Å². The van der Waals surface area contributed by atoms with Gasteiger partial charge in [0, 0.05) is 5.69 Å². The quantitative estimate of drug-likeness (QED) is 0.768. The lowest BCUT2D eigenvalue weighted by Gasteiger charge is -2.06. The zero-order valence-corrected chi connectivity index (χ0v) is 8.83. The van der Waals surface area contributed by atoms with Gasteiger partial charge in [0.15, 0.2) is 0 Å². The predicted molar refractivity (Wildman–Crippen MR) is 52.8 cm³/mol. The maximum atomic E-state index is 9.24. The molecule has 1 aromatic heterocycles. The van der Waals surface area contributed by atoms with Crippen molar-refractivity contribution in [2.24, 2.45) is 0 Å². The average molecular weight is 182 g/mol. The monoisotopic (exact) mass is 182 g/mol. The van der Waals surface area contributed by atoms with Crippen LogP contribution in [0.1, 0.15) is 30.8 Å². The van der Waals surface area contributed by atoms with Crippen LogP contribution in [0.25, 0.3) is 0 Å². The van der Waals surface area contributed by atoms with E-state index in [0.29, 0.717) is 6.54 Å². The van der Waals surface area contributed by atoms with E-state index in [2.05, 4.69) is 18.9 Å². The number of rotatable bonds is 3. The van der Waals surface area contributed by atoms with Crippen LogP contribution in [0, 0.1) is 13.8 Å². The minimum atomic E-state index is -0.331. The van der Waals surface area contributed by atoms with Crippen molar-refractivity contribution in [2.45, 2.75) is 46.8 Å². The Balaban J connectivity index is 2.96. The Morgan fingerprint density at radius 3 is 2.46 bits per heavy atom. The van der Waals surface area contributed by atoms with Gasteiger partial charge in [-0.15, -0.1) is 0 Å². The van der Waals surface area contributed by atoms with Gasteiger partial charge in [0.1, 0.15) is 0 Å². The lowest BCUT2D eigenvalue weighted by molar-refractivity contribution is 0.167. The molecule has 3 nitrogen and oxygen atoms in total. The average Bonchev–Trinajstić information content (AvgIpc) is 2.26. The van der Waals surface area contributed by atoms with Crippen molar-refractivity contribution in [3.63, 3.8) is 0 Å². The highest BCUT2D eigenvalue weighted by Crippen LogP contribution is 2.13. The Labute approximate surface area is 79.4 Å². The molecule has 1 N–H and O–H groups in total. The van der Waals surface area contributed by atoms with E-state index in [1.165, 1.54) is 11.3 Å². The molecule has 0 saturated heterocycles. The highest BCUT2D eigenvalue weighted by Gasteiger charge is 2.10. The van der Waals surface area contributed by atoms with E-state index in [4.69, 9.17) is 0 Å². The minimum absolute atomic E-state index is 0.331. The summed E-state index contributed by atoms with van der Waals surface area (Å²) in [4.78, 5) is 0. The Morgan fingerprint density at radius 2 is 2.08 bits per heavy atom. The first-order valence-electron chi connectivity index (χ1n) is 4.77. The summed E-state index contributed by atoms with van der Waals surface area (Å²) in [5.74, 6) is 0. The Hall–Kier alpha value is -0.830. The zero-order chi connectivity index (χ0) is 10.0.